The monoisotopic (exact) mass is 259 g/mol. The Balaban J connectivity index is 1.66. The van der Waals surface area contributed by atoms with Gasteiger partial charge in [-0.15, -0.1) is 0 Å². The lowest BCUT2D eigenvalue weighted by Crippen LogP contribution is -2.48. The molecule has 0 aromatic carbocycles. The summed E-state index contributed by atoms with van der Waals surface area (Å²) in [6.45, 7) is 4.49. The zero-order valence-corrected chi connectivity index (χ0v) is 11.9. The summed E-state index contributed by atoms with van der Waals surface area (Å²) in [5.41, 5.74) is 1.21. The SMILES string of the molecule is CCCN(Cc1ccccn1)C1CC2CCC(C1)N2. The average Bonchev–Trinajstić information content (AvgIpc) is 2.78. The Morgan fingerprint density at radius 2 is 2.05 bits per heavy atom. The summed E-state index contributed by atoms with van der Waals surface area (Å²) in [5, 5.41) is 3.74. The zero-order chi connectivity index (χ0) is 13.1. The minimum absolute atomic E-state index is 0.751. The Bertz CT molecular complexity index is 380. The predicted molar refractivity (Wildman–Crippen MR) is 77.9 cm³/mol. The Labute approximate surface area is 116 Å². The van der Waals surface area contributed by atoms with Gasteiger partial charge in [0, 0.05) is 30.9 Å². The largest absolute Gasteiger partial charge is 0.311 e. The van der Waals surface area contributed by atoms with Gasteiger partial charge in [-0.1, -0.05) is 13.0 Å². The molecule has 0 aliphatic carbocycles. The molecule has 0 saturated carbocycles. The maximum Gasteiger partial charge on any atom is 0.0544 e. The molecule has 104 valence electrons. The van der Waals surface area contributed by atoms with Crippen LogP contribution >= 0.6 is 0 Å². The Morgan fingerprint density at radius 3 is 2.68 bits per heavy atom. The molecule has 3 rings (SSSR count). The van der Waals surface area contributed by atoms with E-state index in [1.807, 2.05) is 12.3 Å². The molecule has 2 fully saturated rings. The van der Waals surface area contributed by atoms with Crippen LogP contribution in [0.1, 0.15) is 44.7 Å². The molecular formula is C16H25N3. The van der Waals surface area contributed by atoms with E-state index in [4.69, 9.17) is 0 Å². The van der Waals surface area contributed by atoms with Gasteiger partial charge in [0.1, 0.15) is 0 Å². The molecule has 2 bridgehead atoms. The molecule has 1 N–H and O–H groups in total. The minimum Gasteiger partial charge on any atom is -0.311 e. The van der Waals surface area contributed by atoms with E-state index >= 15 is 0 Å². The lowest BCUT2D eigenvalue weighted by molar-refractivity contribution is 0.132. The highest BCUT2D eigenvalue weighted by Crippen LogP contribution is 2.30. The fraction of sp³-hybridized carbons (Fsp3) is 0.688. The maximum absolute atomic E-state index is 4.49. The summed E-state index contributed by atoms with van der Waals surface area (Å²) >= 11 is 0. The van der Waals surface area contributed by atoms with Crippen molar-refractivity contribution in [1.82, 2.24) is 15.2 Å². The first-order valence-corrected chi connectivity index (χ1v) is 7.75. The van der Waals surface area contributed by atoms with Crippen LogP contribution in [-0.2, 0) is 6.54 Å². The first kappa shape index (κ1) is 13.1. The molecular weight excluding hydrogens is 234 g/mol. The van der Waals surface area contributed by atoms with Crippen LogP contribution in [-0.4, -0.2) is 34.6 Å². The fourth-order valence-electron chi connectivity index (χ4n) is 3.70. The van der Waals surface area contributed by atoms with E-state index in [2.05, 4.69) is 34.3 Å². The van der Waals surface area contributed by atoms with Gasteiger partial charge < -0.3 is 5.32 Å². The summed E-state index contributed by atoms with van der Waals surface area (Å²) in [4.78, 5) is 7.15. The molecule has 1 aromatic rings. The third-order valence-electron chi connectivity index (χ3n) is 4.57. The molecule has 0 amide bonds. The van der Waals surface area contributed by atoms with E-state index in [9.17, 15) is 0 Å². The summed E-state index contributed by atoms with van der Waals surface area (Å²) in [5.74, 6) is 0. The van der Waals surface area contributed by atoms with Crippen molar-refractivity contribution in [3.8, 4) is 0 Å². The quantitative estimate of drug-likeness (QED) is 0.881. The van der Waals surface area contributed by atoms with Crippen molar-refractivity contribution in [1.29, 1.82) is 0 Å². The van der Waals surface area contributed by atoms with Gasteiger partial charge in [-0.25, -0.2) is 0 Å². The van der Waals surface area contributed by atoms with E-state index in [1.54, 1.807) is 0 Å². The Morgan fingerprint density at radius 1 is 1.26 bits per heavy atom. The molecule has 2 saturated heterocycles. The lowest BCUT2D eigenvalue weighted by atomic mass is 9.97. The smallest absolute Gasteiger partial charge is 0.0544 e. The molecule has 19 heavy (non-hydrogen) atoms. The van der Waals surface area contributed by atoms with Crippen molar-refractivity contribution in [2.75, 3.05) is 6.54 Å². The van der Waals surface area contributed by atoms with Crippen LogP contribution in [0, 0.1) is 0 Å². The first-order valence-electron chi connectivity index (χ1n) is 7.75. The second-order valence-corrected chi connectivity index (χ2v) is 6.05. The topological polar surface area (TPSA) is 28.2 Å². The summed E-state index contributed by atoms with van der Waals surface area (Å²) < 4.78 is 0. The molecule has 3 heterocycles. The summed E-state index contributed by atoms with van der Waals surface area (Å²) in [6.07, 6.45) is 8.54. The molecule has 2 aliphatic rings. The highest BCUT2D eigenvalue weighted by atomic mass is 15.2. The number of hydrogen-bond acceptors (Lipinski definition) is 3. The third kappa shape index (κ3) is 3.15. The van der Waals surface area contributed by atoms with Crippen LogP contribution in [0.15, 0.2) is 24.4 Å². The number of aromatic nitrogens is 1. The van der Waals surface area contributed by atoms with E-state index in [0.29, 0.717) is 0 Å². The number of pyridine rings is 1. The molecule has 1 aromatic heterocycles. The average molecular weight is 259 g/mol. The zero-order valence-electron chi connectivity index (χ0n) is 11.9. The van der Waals surface area contributed by atoms with Crippen LogP contribution in [0.5, 0.6) is 0 Å². The lowest BCUT2D eigenvalue weighted by Gasteiger charge is -2.37. The van der Waals surface area contributed by atoms with Gasteiger partial charge in [0.25, 0.3) is 0 Å². The second kappa shape index (κ2) is 6.02. The predicted octanol–water partition coefficient (Wildman–Crippen LogP) is 2.58. The van der Waals surface area contributed by atoms with E-state index in [1.165, 1.54) is 44.3 Å². The number of piperidine rings is 1. The van der Waals surface area contributed by atoms with Gasteiger partial charge in [-0.2, -0.15) is 0 Å². The molecule has 3 nitrogen and oxygen atoms in total. The molecule has 0 spiro atoms. The van der Waals surface area contributed by atoms with Crippen molar-refractivity contribution in [2.24, 2.45) is 0 Å². The van der Waals surface area contributed by atoms with Crippen molar-refractivity contribution in [2.45, 2.75) is 63.7 Å². The third-order valence-corrected chi connectivity index (χ3v) is 4.57. The molecule has 0 radical (unpaired) electrons. The molecule has 3 heteroatoms. The van der Waals surface area contributed by atoms with Crippen LogP contribution in [0.2, 0.25) is 0 Å². The number of hydrogen-bond donors (Lipinski definition) is 1. The maximum atomic E-state index is 4.49. The standard InChI is InChI=1S/C16H25N3/c1-2-9-19(12-15-5-3-4-8-17-15)16-10-13-6-7-14(11-16)18-13/h3-5,8,13-14,16,18H,2,6-7,9-12H2,1H3. The van der Waals surface area contributed by atoms with Crippen LogP contribution < -0.4 is 5.32 Å². The minimum atomic E-state index is 0.751. The van der Waals surface area contributed by atoms with Crippen molar-refractivity contribution in [3.05, 3.63) is 30.1 Å². The molecule has 2 atom stereocenters. The van der Waals surface area contributed by atoms with Gasteiger partial charge in [-0.3, -0.25) is 9.88 Å². The highest BCUT2D eigenvalue weighted by molar-refractivity contribution is 5.04. The Hall–Kier alpha value is -0.930. The van der Waals surface area contributed by atoms with Crippen LogP contribution in [0.3, 0.4) is 0 Å². The molecule has 2 aliphatic heterocycles. The fourth-order valence-corrected chi connectivity index (χ4v) is 3.70. The van der Waals surface area contributed by atoms with Gasteiger partial charge >= 0.3 is 0 Å². The van der Waals surface area contributed by atoms with E-state index in [0.717, 1.165) is 24.7 Å². The van der Waals surface area contributed by atoms with Crippen LogP contribution in [0.4, 0.5) is 0 Å². The molecule has 2 unspecified atom stereocenters. The van der Waals surface area contributed by atoms with Crippen molar-refractivity contribution in [3.63, 3.8) is 0 Å². The number of rotatable bonds is 5. The first-order chi connectivity index (χ1) is 9.35. The van der Waals surface area contributed by atoms with Crippen molar-refractivity contribution >= 4 is 0 Å². The van der Waals surface area contributed by atoms with Crippen molar-refractivity contribution < 1.29 is 0 Å². The van der Waals surface area contributed by atoms with E-state index in [-0.39, 0.29) is 0 Å². The van der Waals surface area contributed by atoms with Crippen LogP contribution in [0.25, 0.3) is 0 Å². The highest BCUT2D eigenvalue weighted by Gasteiger charge is 2.35. The summed E-state index contributed by atoms with van der Waals surface area (Å²) in [6, 6.07) is 8.54. The van der Waals surface area contributed by atoms with Gasteiger partial charge in [0.2, 0.25) is 0 Å². The Kier molecular flexibility index (Phi) is 4.14. The van der Waals surface area contributed by atoms with Gasteiger partial charge in [-0.05, 0) is 50.8 Å². The van der Waals surface area contributed by atoms with Gasteiger partial charge in [0.15, 0.2) is 0 Å². The van der Waals surface area contributed by atoms with E-state index < -0.39 is 0 Å². The van der Waals surface area contributed by atoms with Gasteiger partial charge in [0.05, 0.1) is 5.69 Å². The normalized spacial score (nSPS) is 29.9. The number of fused-ring (bicyclic) bond motifs is 2. The summed E-state index contributed by atoms with van der Waals surface area (Å²) in [7, 11) is 0. The number of nitrogens with one attached hydrogen (secondary N) is 1. The second-order valence-electron chi connectivity index (χ2n) is 6.05. The number of nitrogens with zero attached hydrogens (tertiary/aromatic N) is 2.